The quantitative estimate of drug-likeness (QED) is 0.800. The number of benzene rings is 1. The van der Waals surface area contributed by atoms with Gasteiger partial charge in [-0.15, -0.1) is 0 Å². The highest BCUT2D eigenvalue weighted by atomic mass is 14.9. The van der Waals surface area contributed by atoms with Crippen molar-refractivity contribution in [1.29, 1.82) is 0 Å². The van der Waals surface area contributed by atoms with Crippen molar-refractivity contribution in [3.63, 3.8) is 0 Å². The maximum atomic E-state index is 3.80. The summed E-state index contributed by atoms with van der Waals surface area (Å²) in [7, 11) is 0. The van der Waals surface area contributed by atoms with Gasteiger partial charge in [0.25, 0.3) is 0 Å². The van der Waals surface area contributed by atoms with E-state index in [4.69, 9.17) is 0 Å². The van der Waals surface area contributed by atoms with Crippen LogP contribution in [0.2, 0.25) is 0 Å². The zero-order chi connectivity index (χ0) is 15.5. The first kappa shape index (κ1) is 16.5. The second-order valence-corrected chi connectivity index (χ2v) is 7.64. The molecule has 0 heterocycles. The maximum Gasteiger partial charge on any atom is 0.0141 e. The molecule has 0 aliphatic heterocycles. The van der Waals surface area contributed by atoms with Gasteiger partial charge in [-0.2, -0.15) is 0 Å². The average Bonchev–Trinajstić information content (AvgIpc) is 2.42. The summed E-state index contributed by atoms with van der Waals surface area (Å²) >= 11 is 0. The molecular formula is C20H33N. The summed E-state index contributed by atoms with van der Waals surface area (Å²) in [4.78, 5) is 0. The fraction of sp³-hybridized carbons (Fsp3) is 0.700. The molecule has 2 rings (SSSR count). The van der Waals surface area contributed by atoms with E-state index >= 15 is 0 Å². The lowest BCUT2D eigenvalue weighted by Gasteiger charge is -2.44. The molecule has 1 saturated carbocycles. The number of nitrogens with one attached hydrogen (secondary N) is 1. The molecule has 1 fully saturated rings. The summed E-state index contributed by atoms with van der Waals surface area (Å²) in [5, 5.41) is 3.80. The van der Waals surface area contributed by atoms with Crippen LogP contribution in [0, 0.1) is 25.2 Å². The van der Waals surface area contributed by atoms with Crippen LogP contribution in [0.4, 0.5) is 0 Å². The topological polar surface area (TPSA) is 12.0 Å². The lowest BCUT2D eigenvalue weighted by atomic mass is 9.65. The highest BCUT2D eigenvalue weighted by Gasteiger charge is 2.37. The van der Waals surface area contributed by atoms with E-state index in [1.54, 1.807) is 0 Å². The van der Waals surface area contributed by atoms with Crippen LogP contribution in [-0.2, 0) is 6.42 Å². The third kappa shape index (κ3) is 4.10. The Kier molecular flexibility index (Phi) is 5.48. The molecule has 1 heteroatoms. The van der Waals surface area contributed by atoms with Crippen molar-refractivity contribution in [2.24, 2.45) is 11.3 Å². The third-order valence-corrected chi connectivity index (χ3v) is 5.49. The summed E-state index contributed by atoms with van der Waals surface area (Å²) < 4.78 is 0. The van der Waals surface area contributed by atoms with Crippen molar-refractivity contribution >= 4 is 0 Å². The van der Waals surface area contributed by atoms with Crippen LogP contribution in [0.25, 0.3) is 0 Å². The first-order chi connectivity index (χ1) is 9.94. The van der Waals surface area contributed by atoms with E-state index < -0.39 is 0 Å². The Balaban J connectivity index is 2.20. The standard InChI is InChI=1S/C20H33N/c1-6-21-19(18-9-7-8-12-20(18,4)5)14-17-13-15(2)10-11-16(17)3/h10-11,13,18-19,21H,6-9,12,14H2,1-5H3. The van der Waals surface area contributed by atoms with Crippen LogP contribution in [0.1, 0.15) is 63.1 Å². The molecule has 1 aromatic carbocycles. The highest BCUT2D eigenvalue weighted by Crippen LogP contribution is 2.43. The van der Waals surface area contributed by atoms with Gasteiger partial charge in [0, 0.05) is 6.04 Å². The Hall–Kier alpha value is -0.820. The zero-order valence-electron chi connectivity index (χ0n) is 14.6. The minimum Gasteiger partial charge on any atom is -0.314 e. The smallest absolute Gasteiger partial charge is 0.0141 e. The Morgan fingerprint density at radius 3 is 2.67 bits per heavy atom. The Bertz CT molecular complexity index is 461. The van der Waals surface area contributed by atoms with Gasteiger partial charge < -0.3 is 5.32 Å². The van der Waals surface area contributed by atoms with Gasteiger partial charge in [0.05, 0.1) is 0 Å². The molecule has 0 saturated heterocycles. The first-order valence-electron chi connectivity index (χ1n) is 8.73. The van der Waals surface area contributed by atoms with Crippen LogP contribution in [0.3, 0.4) is 0 Å². The Morgan fingerprint density at radius 1 is 1.24 bits per heavy atom. The second kappa shape index (κ2) is 6.96. The predicted octanol–water partition coefficient (Wildman–Crippen LogP) is 5.04. The van der Waals surface area contributed by atoms with E-state index in [1.165, 1.54) is 48.8 Å². The van der Waals surface area contributed by atoms with Crippen LogP contribution >= 0.6 is 0 Å². The summed E-state index contributed by atoms with van der Waals surface area (Å²) in [5.74, 6) is 0.797. The van der Waals surface area contributed by atoms with Gasteiger partial charge in [0.2, 0.25) is 0 Å². The number of aryl methyl sites for hydroxylation is 2. The molecule has 0 spiro atoms. The van der Waals surface area contributed by atoms with Crippen molar-refractivity contribution in [3.05, 3.63) is 34.9 Å². The van der Waals surface area contributed by atoms with Crippen molar-refractivity contribution in [2.45, 2.75) is 72.8 Å². The fourth-order valence-corrected chi connectivity index (χ4v) is 4.14. The van der Waals surface area contributed by atoms with Gasteiger partial charge in [-0.25, -0.2) is 0 Å². The molecule has 118 valence electrons. The van der Waals surface area contributed by atoms with Crippen LogP contribution in [0.5, 0.6) is 0 Å². The third-order valence-electron chi connectivity index (χ3n) is 5.49. The van der Waals surface area contributed by atoms with E-state index in [0.717, 1.165) is 12.5 Å². The van der Waals surface area contributed by atoms with E-state index in [-0.39, 0.29) is 0 Å². The average molecular weight is 287 g/mol. The van der Waals surface area contributed by atoms with Crippen LogP contribution in [-0.4, -0.2) is 12.6 Å². The van der Waals surface area contributed by atoms with Crippen LogP contribution < -0.4 is 5.32 Å². The first-order valence-corrected chi connectivity index (χ1v) is 8.73. The number of likely N-dealkylation sites (N-methyl/N-ethyl adjacent to an activating group) is 1. The number of hydrogen-bond acceptors (Lipinski definition) is 1. The van der Waals surface area contributed by atoms with E-state index in [2.05, 4.69) is 58.1 Å². The van der Waals surface area contributed by atoms with Gasteiger partial charge in [-0.05, 0) is 62.1 Å². The molecule has 1 aromatic rings. The molecule has 21 heavy (non-hydrogen) atoms. The molecule has 0 bridgehead atoms. The van der Waals surface area contributed by atoms with Crippen molar-refractivity contribution in [3.8, 4) is 0 Å². The Labute approximate surface area is 131 Å². The van der Waals surface area contributed by atoms with E-state index in [9.17, 15) is 0 Å². The lowest BCUT2D eigenvalue weighted by Crippen LogP contribution is -2.46. The summed E-state index contributed by atoms with van der Waals surface area (Å²) in [6.07, 6.45) is 6.76. The number of hydrogen-bond donors (Lipinski definition) is 1. The maximum absolute atomic E-state index is 3.80. The molecule has 0 aromatic heterocycles. The molecule has 1 aliphatic rings. The second-order valence-electron chi connectivity index (χ2n) is 7.64. The summed E-state index contributed by atoms with van der Waals surface area (Å²) in [6, 6.07) is 7.51. The zero-order valence-corrected chi connectivity index (χ0v) is 14.6. The SMILES string of the molecule is CCNC(Cc1cc(C)ccc1C)C1CCCCC1(C)C. The molecule has 2 atom stereocenters. The lowest BCUT2D eigenvalue weighted by molar-refractivity contribution is 0.0987. The molecule has 0 radical (unpaired) electrons. The predicted molar refractivity (Wildman–Crippen MR) is 92.8 cm³/mol. The normalized spacial score (nSPS) is 23.0. The van der Waals surface area contributed by atoms with Crippen molar-refractivity contribution < 1.29 is 0 Å². The van der Waals surface area contributed by atoms with E-state index in [0.29, 0.717) is 11.5 Å². The van der Waals surface area contributed by atoms with Gasteiger partial charge in [0.1, 0.15) is 0 Å². The number of rotatable bonds is 5. The minimum atomic E-state index is 0.475. The summed E-state index contributed by atoms with van der Waals surface area (Å²) in [6.45, 7) is 12.7. The highest BCUT2D eigenvalue weighted by molar-refractivity contribution is 5.31. The fourth-order valence-electron chi connectivity index (χ4n) is 4.14. The molecule has 2 unspecified atom stereocenters. The molecule has 0 amide bonds. The minimum absolute atomic E-state index is 0.475. The van der Waals surface area contributed by atoms with Gasteiger partial charge in [0.15, 0.2) is 0 Å². The molecular weight excluding hydrogens is 254 g/mol. The molecule has 1 nitrogen and oxygen atoms in total. The van der Waals surface area contributed by atoms with Crippen molar-refractivity contribution in [1.82, 2.24) is 5.32 Å². The van der Waals surface area contributed by atoms with E-state index in [1.807, 2.05) is 0 Å². The largest absolute Gasteiger partial charge is 0.314 e. The van der Waals surface area contributed by atoms with Gasteiger partial charge in [-0.3, -0.25) is 0 Å². The van der Waals surface area contributed by atoms with Crippen molar-refractivity contribution in [2.75, 3.05) is 6.54 Å². The molecule has 1 N–H and O–H groups in total. The molecule has 1 aliphatic carbocycles. The monoisotopic (exact) mass is 287 g/mol. The van der Waals surface area contributed by atoms with Crippen LogP contribution in [0.15, 0.2) is 18.2 Å². The van der Waals surface area contributed by atoms with Gasteiger partial charge >= 0.3 is 0 Å². The Morgan fingerprint density at radius 2 is 2.00 bits per heavy atom. The van der Waals surface area contributed by atoms with Gasteiger partial charge in [-0.1, -0.05) is 57.4 Å². The summed E-state index contributed by atoms with van der Waals surface area (Å²) in [5.41, 5.74) is 4.83.